The Kier molecular flexibility index (Phi) is 2.40. The number of alkyl halides is 2. The number of rotatable bonds is 2. The van der Waals surface area contributed by atoms with Crippen LogP contribution in [0.5, 0.6) is 0 Å². The molecule has 0 aromatic heterocycles. The number of carbonyl (C=O) groups excluding carboxylic acids is 1. The minimum atomic E-state index is -2.34. The summed E-state index contributed by atoms with van der Waals surface area (Å²) in [6, 6.07) is 0. The molecule has 2 nitrogen and oxygen atoms in total. The van der Waals surface area contributed by atoms with Crippen LogP contribution in [0.1, 0.15) is 13.3 Å². The van der Waals surface area contributed by atoms with Gasteiger partial charge in [-0.3, -0.25) is 0 Å². The lowest BCUT2D eigenvalue weighted by atomic mass is 10.3. The van der Waals surface area contributed by atoms with E-state index in [9.17, 15) is 14.3 Å². The number of aliphatic carboxylic acids is 1. The molecule has 0 spiro atoms. The number of carboxylic acid groups (broad SMARTS) is 1. The van der Waals surface area contributed by atoms with E-state index in [2.05, 4.69) is 15.9 Å². The normalized spacial score (nSPS) is 17.4. The van der Waals surface area contributed by atoms with E-state index in [1.165, 1.54) is 6.92 Å². The second kappa shape index (κ2) is 2.44. The van der Waals surface area contributed by atoms with Crippen molar-refractivity contribution >= 4 is 21.9 Å². The van der Waals surface area contributed by atoms with Gasteiger partial charge < -0.3 is 9.90 Å². The number of carboxylic acids is 1. The monoisotopic (exact) mass is 183 g/mol. The summed E-state index contributed by atoms with van der Waals surface area (Å²) in [6.45, 7) is 1.41. The molecule has 0 aromatic carbocycles. The van der Waals surface area contributed by atoms with Crippen LogP contribution in [-0.2, 0) is 4.79 Å². The molecule has 48 valence electrons. The Labute approximate surface area is 54.8 Å². The van der Waals surface area contributed by atoms with Crippen molar-refractivity contribution in [3.63, 3.8) is 0 Å². The van der Waals surface area contributed by atoms with Gasteiger partial charge in [-0.15, -0.1) is 0 Å². The average Bonchev–Trinajstić information content (AvgIpc) is 1.67. The van der Waals surface area contributed by atoms with E-state index in [1.54, 1.807) is 0 Å². The molecule has 1 atom stereocenters. The molecule has 0 fully saturated rings. The Balaban J connectivity index is 3.91. The molecule has 0 aliphatic heterocycles. The minimum Gasteiger partial charge on any atom is -0.546 e. The maximum absolute atomic E-state index is 12.2. The fraction of sp³-hybridized carbons (Fsp3) is 0.750. The summed E-state index contributed by atoms with van der Waals surface area (Å²) in [7, 11) is 0. The van der Waals surface area contributed by atoms with Gasteiger partial charge in [-0.25, -0.2) is 4.39 Å². The molecule has 1 unspecified atom stereocenters. The van der Waals surface area contributed by atoms with Gasteiger partial charge in [0.2, 0.25) is 4.58 Å². The van der Waals surface area contributed by atoms with Crippen LogP contribution < -0.4 is 5.11 Å². The topological polar surface area (TPSA) is 40.1 Å². The van der Waals surface area contributed by atoms with E-state index in [1.807, 2.05) is 0 Å². The van der Waals surface area contributed by atoms with Gasteiger partial charge in [0, 0.05) is 0 Å². The van der Waals surface area contributed by atoms with Crippen LogP contribution in [0.2, 0.25) is 0 Å². The predicted molar refractivity (Wildman–Crippen MR) is 28.1 cm³/mol. The highest BCUT2D eigenvalue weighted by Gasteiger charge is 2.23. The Hall–Kier alpha value is -0.120. The number of hydrogen-bond donors (Lipinski definition) is 0. The molecule has 0 N–H and O–H groups in total. The lowest BCUT2D eigenvalue weighted by Gasteiger charge is -2.15. The summed E-state index contributed by atoms with van der Waals surface area (Å²) in [5.74, 6) is -1.72. The Morgan fingerprint density at radius 1 is 2.00 bits per heavy atom. The molecule has 0 amide bonds. The van der Waals surface area contributed by atoms with E-state index >= 15 is 0 Å². The molecular weight excluding hydrogens is 179 g/mol. The highest BCUT2D eigenvalue weighted by Crippen LogP contribution is 2.22. The number of hydrogen-bond acceptors (Lipinski definition) is 2. The minimum absolute atomic E-state index is 0.130. The zero-order valence-corrected chi connectivity index (χ0v) is 5.87. The first kappa shape index (κ1) is 7.88. The zero-order valence-electron chi connectivity index (χ0n) is 4.28. The Morgan fingerprint density at radius 3 is 2.38 bits per heavy atom. The summed E-state index contributed by atoms with van der Waals surface area (Å²) in [5, 5.41) is 9.72. The van der Waals surface area contributed by atoms with Crippen LogP contribution in [0, 0.1) is 0 Å². The van der Waals surface area contributed by atoms with Gasteiger partial charge in [0.05, 0.1) is 5.97 Å². The fourth-order valence-corrected chi connectivity index (χ4v) is 0.144. The third-order valence-corrected chi connectivity index (χ3v) is 1.63. The van der Waals surface area contributed by atoms with Crippen LogP contribution in [0.4, 0.5) is 4.39 Å². The van der Waals surface area contributed by atoms with Crippen molar-refractivity contribution in [2.45, 2.75) is 17.9 Å². The van der Waals surface area contributed by atoms with Crippen LogP contribution in [0.25, 0.3) is 0 Å². The lowest BCUT2D eigenvalue weighted by Crippen LogP contribution is -2.39. The first-order chi connectivity index (χ1) is 3.50. The Morgan fingerprint density at radius 2 is 2.38 bits per heavy atom. The molecular formula is C4H5BrFO2-. The lowest BCUT2D eigenvalue weighted by molar-refractivity contribution is -0.313. The van der Waals surface area contributed by atoms with Gasteiger partial charge in [-0.2, -0.15) is 0 Å². The molecule has 8 heavy (non-hydrogen) atoms. The highest BCUT2D eigenvalue weighted by molar-refractivity contribution is 9.10. The largest absolute Gasteiger partial charge is 0.546 e. The van der Waals surface area contributed by atoms with Crippen molar-refractivity contribution in [3.05, 3.63) is 0 Å². The first-order valence-corrected chi connectivity index (χ1v) is 2.89. The van der Waals surface area contributed by atoms with Gasteiger partial charge in [0.15, 0.2) is 0 Å². The molecule has 0 radical (unpaired) electrons. The summed E-state index contributed by atoms with van der Waals surface area (Å²) in [4.78, 5) is 9.72. The van der Waals surface area contributed by atoms with Gasteiger partial charge in [0.1, 0.15) is 0 Å². The fourth-order valence-electron chi connectivity index (χ4n) is 0.144. The maximum Gasteiger partial charge on any atom is 0.203 e. The molecule has 0 rings (SSSR count). The van der Waals surface area contributed by atoms with Crippen LogP contribution in [0.15, 0.2) is 0 Å². The third-order valence-electron chi connectivity index (χ3n) is 0.743. The number of carbonyl (C=O) groups is 1. The van der Waals surface area contributed by atoms with E-state index in [4.69, 9.17) is 0 Å². The van der Waals surface area contributed by atoms with Crippen molar-refractivity contribution in [2.24, 2.45) is 0 Å². The van der Waals surface area contributed by atoms with Gasteiger partial charge in [-0.1, -0.05) is 6.92 Å². The van der Waals surface area contributed by atoms with E-state index in [0.29, 0.717) is 0 Å². The standard InChI is InChI=1S/C4H6BrFO2/c1-2-4(5,6)3(7)8/h2H2,1H3,(H,7,8)/p-1. The van der Waals surface area contributed by atoms with Gasteiger partial charge in [0.25, 0.3) is 0 Å². The van der Waals surface area contributed by atoms with E-state index in [-0.39, 0.29) is 6.42 Å². The summed E-state index contributed by atoms with van der Waals surface area (Å²) < 4.78 is 9.86. The van der Waals surface area contributed by atoms with Gasteiger partial charge >= 0.3 is 0 Å². The van der Waals surface area contributed by atoms with Crippen LogP contribution in [0.3, 0.4) is 0 Å². The molecule has 0 bridgehead atoms. The molecule has 4 heteroatoms. The second-order valence-electron chi connectivity index (χ2n) is 1.35. The Bertz CT molecular complexity index is 102. The van der Waals surface area contributed by atoms with Crippen molar-refractivity contribution < 1.29 is 14.3 Å². The molecule has 0 aliphatic rings. The average molecular weight is 184 g/mol. The predicted octanol–water partition coefficient (Wildman–Crippen LogP) is 0.207. The van der Waals surface area contributed by atoms with Crippen molar-refractivity contribution in [3.8, 4) is 0 Å². The highest BCUT2D eigenvalue weighted by atomic mass is 79.9. The molecule has 0 aromatic rings. The molecule has 0 saturated heterocycles. The van der Waals surface area contributed by atoms with E-state index in [0.717, 1.165) is 0 Å². The molecule has 0 aliphatic carbocycles. The maximum atomic E-state index is 12.2. The van der Waals surface area contributed by atoms with Crippen molar-refractivity contribution in [1.82, 2.24) is 0 Å². The zero-order chi connectivity index (χ0) is 6.78. The quantitative estimate of drug-likeness (QED) is 0.575. The van der Waals surface area contributed by atoms with Crippen LogP contribution >= 0.6 is 15.9 Å². The van der Waals surface area contributed by atoms with Crippen molar-refractivity contribution in [2.75, 3.05) is 0 Å². The first-order valence-electron chi connectivity index (χ1n) is 2.10. The van der Waals surface area contributed by atoms with Crippen LogP contribution in [-0.4, -0.2) is 10.5 Å². The van der Waals surface area contributed by atoms with Crippen molar-refractivity contribution in [1.29, 1.82) is 0 Å². The summed E-state index contributed by atoms with van der Waals surface area (Å²) in [6.07, 6.45) is -0.130. The second-order valence-corrected chi connectivity index (χ2v) is 2.60. The van der Waals surface area contributed by atoms with E-state index < -0.39 is 10.5 Å². The number of halogens is 2. The molecule has 0 saturated carbocycles. The third kappa shape index (κ3) is 1.78. The molecule has 0 heterocycles. The summed E-state index contributed by atoms with van der Waals surface area (Å²) >= 11 is 2.32. The van der Waals surface area contributed by atoms with Gasteiger partial charge in [-0.05, 0) is 22.4 Å². The smallest absolute Gasteiger partial charge is 0.203 e. The SMILES string of the molecule is CCC(F)(Br)C(=O)[O-]. The summed E-state index contributed by atoms with van der Waals surface area (Å²) in [5.41, 5.74) is 0.